The summed E-state index contributed by atoms with van der Waals surface area (Å²) in [5.74, 6) is 1.64. The summed E-state index contributed by atoms with van der Waals surface area (Å²) in [5, 5.41) is 0. The minimum atomic E-state index is -0.328. The number of likely N-dealkylation sites (tertiary alicyclic amines) is 1. The predicted molar refractivity (Wildman–Crippen MR) is 97.8 cm³/mol. The van der Waals surface area contributed by atoms with E-state index in [2.05, 4.69) is 0 Å². The maximum absolute atomic E-state index is 12.7. The van der Waals surface area contributed by atoms with Gasteiger partial charge in [0.25, 0.3) is 0 Å². The summed E-state index contributed by atoms with van der Waals surface area (Å²) in [5.41, 5.74) is 1.96. The second-order valence-corrected chi connectivity index (χ2v) is 6.74. The van der Waals surface area contributed by atoms with Crippen LogP contribution >= 0.6 is 0 Å². The first kappa shape index (κ1) is 17.4. The Balaban J connectivity index is 1.41. The van der Waals surface area contributed by atoms with Gasteiger partial charge in [-0.15, -0.1) is 0 Å². The third kappa shape index (κ3) is 3.47. The lowest BCUT2D eigenvalue weighted by molar-refractivity contribution is -0.139. The van der Waals surface area contributed by atoms with Gasteiger partial charge in [0, 0.05) is 13.0 Å². The zero-order valence-electron chi connectivity index (χ0n) is 15.1. The number of hydrogen-bond donors (Lipinski definition) is 0. The van der Waals surface area contributed by atoms with Gasteiger partial charge < -0.3 is 14.2 Å². The van der Waals surface area contributed by atoms with E-state index in [-0.39, 0.29) is 30.9 Å². The molecule has 2 amide bonds. The maximum atomic E-state index is 12.7. The average Bonchev–Trinajstić information content (AvgIpc) is 3.25. The van der Waals surface area contributed by atoms with E-state index in [1.54, 1.807) is 7.11 Å². The number of benzene rings is 2. The minimum absolute atomic E-state index is 0.105. The molecule has 2 aromatic carbocycles. The number of imide groups is 1. The molecule has 6 heteroatoms. The molecule has 0 aliphatic carbocycles. The molecule has 0 spiro atoms. The minimum Gasteiger partial charge on any atom is -0.496 e. The normalized spacial score (nSPS) is 18.3. The number of ether oxygens (including phenoxy) is 3. The molecule has 0 aromatic heterocycles. The van der Waals surface area contributed by atoms with Crippen LogP contribution in [0.3, 0.4) is 0 Å². The van der Waals surface area contributed by atoms with Crippen molar-refractivity contribution in [2.45, 2.75) is 19.3 Å². The van der Waals surface area contributed by atoms with Crippen molar-refractivity contribution in [2.24, 2.45) is 5.92 Å². The van der Waals surface area contributed by atoms with Crippen LogP contribution in [0.4, 0.5) is 0 Å². The van der Waals surface area contributed by atoms with Crippen LogP contribution < -0.4 is 14.2 Å². The van der Waals surface area contributed by atoms with Crippen LogP contribution in [0, 0.1) is 5.92 Å². The number of carbonyl (C=O) groups is 2. The highest BCUT2D eigenvalue weighted by Gasteiger charge is 2.38. The molecule has 27 heavy (non-hydrogen) atoms. The highest BCUT2D eigenvalue weighted by atomic mass is 16.7. The number of methoxy groups -OCH3 is 1. The number of fused-ring (bicyclic) bond motifs is 1. The van der Waals surface area contributed by atoms with Crippen molar-refractivity contribution in [3.63, 3.8) is 0 Å². The summed E-state index contributed by atoms with van der Waals surface area (Å²) in [7, 11) is 1.61. The summed E-state index contributed by atoms with van der Waals surface area (Å²) < 4.78 is 16.0. The fraction of sp³-hybridized carbons (Fsp3) is 0.333. The van der Waals surface area contributed by atoms with E-state index in [1.807, 2.05) is 42.5 Å². The summed E-state index contributed by atoms with van der Waals surface area (Å²) in [6, 6.07) is 13.3. The monoisotopic (exact) mass is 367 g/mol. The molecule has 0 bridgehead atoms. The number of rotatable bonds is 6. The van der Waals surface area contributed by atoms with Crippen molar-refractivity contribution in [2.75, 3.05) is 20.4 Å². The lowest BCUT2D eigenvalue weighted by Gasteiger charge is -2.16. The molecule has 6 nitrogen and oxygen atoms in total. The summed E-state index contributed by atoms with van der Waals surface area (Å²) in [6.45, 7) is 0.603. The van der Waals surface area contributed by atoms with Crippen LogP contribution in [0.2, 0.25) is 0 Å². The van der Waals surface area contributed by atoms with Crippen molar-refractivity contribution >= 4 is 11.8 Å². The smallest absolute Gasteiger partial charge is 0.233 e. The maximum Gasteiger partial charge on any atom is 0.233 e. The largest absolute Gasteiger partial charge is 0.496 e. The summed E-state index contributed by atoms with van der Waals surface area (Å²) in [6.07, 6.45) is 1.35. The fourth-order valence-electron chi connectivity index (χ4n) is 3.62. The van der Waals surface area contributed by atoms with Gasteiger partial charge in [-0.1, -0.05) is 24.3 Å². The zero-order valence-corrected chi connectivity index (χ0v) is 15.1. The predicted octanol–water partition coefficient (Wildman–Crippen LogP) is 2.58. The third-order valence-corrected chi connectivity index (χ3v) is 5.06. The molecule has 2 aromatic rings. The lowest BCUT2D eigenvalue weighted by Crippen LogP contribution is -2.33. The van der Waals surface area contributed by atoms with Crippen LogP contribution in [0.25, 0.3) is 0 Å². The van der Waals surface area contributed by atoms with Crippen molar-refractivity contribution in [3.05, 3.63) is 53.6 Å². The first-order valence-electron chi connectivity index (χ1n) is 9.00. The molecule has 2 heterocycles. The number of amides is 2. The van der Waals surface area contributed by atoms with Crippen molar-refractivity contribution in [1.29, 1.82) is 0 Å². The summed E-state index contributed by atoms with van der Waals surface area (Å²) >= 11 is 0. The van der Waals surface area contributed by atoms with Crippen LogP contribution in [-0.2, 0) is 22.4 Å². The van der Waals surface area contributed by atoms with Crippen molar-refractivity contribution in [3.8, 4) is 17.2 Å². The molecule has 2 aliphatic heterocycles. The molecule has 1 atom stereocenters. The van der Waals surface area contributed by atoms with E-state index < -0.39 is 0 Å². The molecule has 1 saturated heterocycles. The van der Waals surface area contributed by atoms with Crippen molar-refractivity contribution in [1.82, 2.24) is 4.90 Å². The van der Waals surface area contributed by atoms with Crippen LogP contribution in [-0.4, -0.2) is 37.2 Å². The van der Waals surface area contributed by atoms with Gasteiger partial charge in [-0.2, -0.15) is 0 Å². The standard InChI is InChI=1S/C21H21NO5/c1-25-17-5-3-2-4-15(17)11-16-12-20(23)22(21(16)24)9-8-14-6-7-18-19(10-14)27-13-26-18/h2-7,10,16H,8-9,11-13H2,1H3/t16-/m1/s1. The topological polar surface area (TPSA) is 65.1 Å². The Hall–Kier alpha value is -3.02. The lowest BCUT2D eigenvalue weighted by atomic mass is 9.97. The van der Waals surface area contributed by atoms with Gasteiger partial charge in [0.05, 0.1) is 13.0 Å². The van der Waals surface area contributed by atoms with Gasteiger partial charge in [-0.05, 0) is 42.2 Å². The second kappa shape index (κ2) is 7.31. The molecule has 0 saturated carbocycles. The van der Waals surface area contributed by atoms with Gasteiger partial charge in [0.15, 0.2) is 11.5 Å². The first-order chi connectivity index (χ1) is 13.2. The van der Waals surface area contributed by atoms with E-state index in [4.69, 9.17) is 14.2 Å². The number of hydrogen-bond acceptors (Lipinski definition) is 5. The molecule has 1 fully saturated rings. The highest BCUT2D eigenvalue weighted by molar-refractivity contribution is 6.03. The average molecular weight is 367 g/mol. The Bertz CT molecular complexity index is 879. The van der Waals surface area contributed by atoms with Gasteiger partial charge in [-0.3, -0.25) is 14.5 Å². The van der Waals surface area contributed by atoms with Gasteiger partial charge in [0.1, 0.15) is 5.75 Å². The van der Waals surface area contributed by atoms with Crippen LogP contribution in [0.15, 0.2) is 42.5 Å². The van der Waals surface area contributed by atoms with E-state index in [1.165, 1.54) is 4.90 Å². The van der Waals surface area contributed by atoms with E-state index in [9.17, 15) is 9.59 Å². The number of carbonyl (C=O) groups excluding carboxylic acids is 2. The molecular weight excluding hydrogens is 346 g/mol. The molecule has 0 unspecified atom stereocenters. The Morgan fingerprint density at radius 2 is 1.93 bits per heavy atom. The van der Waals surface area contributed by atoms with Crippen LogP contribution in [0.5, 0.6) is 17.2 Å². The molecule has 2 aliphatic rings. The van der Waals surface area contributed by atoms with E-state index >= 15 is 0 Å². The highest BCUT2D eigenvalue weighted by Crippen LogP contribution is 2.33. The molecule has 140 valence electrons. The Labute approximate surface area is 157 Å². The van der Waals surface area contributed by atoms with Gasteiger partial charge in [0.2, 0.25) is 18.6 Å². The molecule has 4 rings (SSSR count). The Kier molecular flexibility index (Phi) is 4.71. The molecule has 0 radical (unpaired) electrons. The fourth-order valence-corrected chi connectivity index (χ4v) is 3.62. The number of para-hydroxylation sites is 1. The molecule has 0 N–H and O–H groups in total. The Morgan fingerprint density at radius 1 is 1.11 bits per heavy atom. The number of nitrogens with zero attached hydrogens (tertiary/aromatic N) is 1. The van der Waals surface area contributed by atoms with E-state index in [0.29, 0.717) is 25.1 Å². The SMILES string of the molecule is COc1ccccc1C[C@@H]1CC(=O)N(CCc2ccc3c(c2)OCO3)C1=O. The Morgan fingerprint density at radius 3 is 2.78 bits per heavy atom. The molecular formula is C21H21NO5. The van der Waals surface area contributed by atoms with Gasteiger partial charge in [-0.25, -0.2) is 0 Å². The van der Waals surface area contributed by atoms with E-state index in [0.717, 1.165) is 22.6 Å². The second-order valence-electron chi connectivity index (χ2n) is 6.74. The van der Waals surface area contributed by atoms with Crippen LogP contribution in [0.1, 0.15) is 17.5 Å². The van der Waals surface area contributed by atoms with Gasteiger partial charge >= 0.3 is 0 Å². The third-order valence-electron chi connectivity index (χ3n) is 5.06. The zero-order chi connectivity index (χ0) is 18.8. The van der Waals surface area contributed by atoms with Crippen molar-refractivity contribution < 1.29 is 23.8 Å². The quantitative estimate of drug-likeness (QED) is 0.735. The first-order valence-corrected chi connectivity index (χ1v) is 9.00. The summed E-state index contributed by atoms with van der Waals surface area (Å²) in [4.78, 5) is 26.5.